The van der Waals surface area contributed by atoms with Crippen LogP contribution in [0.1, 0.15) is 26.6 Å². The Kier molecular flexibility index (Phi) is 5.83. The minimum Gasteiger partial charge on any atom is -0.350 e. The number of thiazole rings is 1. The number of rotatable bonds is 5. The molecule has 0 fully saturated rings. The molecule has 2 aromatic heterocycles. The molecule has 0 spiro atoms. The molecule has 3 rings (SSSR count). The normalized spacial score (nSPS) is 11.5. The number of benzene rings is 1. The highest BCUT2D eigenvalue weighted by Gasteiger charge is 2.30. The predicted molar refractivity (Wildman–Crippen MR) is 103 cm³/mol. The number of halogens is 3. The highest BCUT2D eigenvalue weighted by Crippen LogP contribution is 2.29. The third-order valence-electron chi connectivity index (χ3n) is 4.06. The Morgan fingerprint density at radius 2 is 1.97 bits per heavy atom. The summed E-state index contributed by atoms with van der Waals surface area (Å²) in [4.78, 5) is 29.4. The number of carbonyl (C=O) groups is 1. The first-order valence-electron chi connectivity index (χ1n) is 8.63. The fourth-order valence-corrected chi connectivity index (χ4v) is 3.60. The van der Waals surface area contributed by atoms with Gasteiger partial charge in [-0.1, -0.05) is 6.07 Å². The average molecular weight is 422 g/mol. The molecule has 1 aromatic carbocycles. The van der Waals surface area contributed by atoms with Crippen molar-refractivity contribution in [2.24, 2.45) is 0 Å². The van der Waals surface area contributed by atoms with Crippen molar-refractivity contribution < 1.29 is 18.0 Å². The SMILES string of the molecule is Cc1nc(C)c(-c2ccc(=O)n(CCNC(=O)c3cccc(C(F)(F)F)c3)n2)s1. The van der Waals surface area contributed by atoms with E-state index in [1.54, 1.807) is 6.07 Å². The molecule has 1 amide bonds. The molecule has 152 valence electrons. The number of nitrogens with one attached hydrogen (secondary N) is 1. The van der Waals surface area contributed by atoms with Crippen molar-refractivity contribution in [3.05, 3.63) is 68.6 Å². The average Bonchev–Trinajstić information content (AvgIpc) is 3.00. The van der Waals surface area contributed by atoms with E-state index in [0.29, 0.717) is 5.69 Å². The van der Waals surface area contributed by atoms with Gasteiger partial charge in [0.25, 0.3) is 11.5 Å². The van der Waals surface area contributed by atoms with E-state index in [1.807, 2.05) is 13.8 Å². The number of alkyl halides is 3. The quantitative estimate of drug-likeness (QED) is 0.684. The van der Waals surface area contributed by atoms with Crippen LogP contribution < -0.4 is 10.9 Å². The molecule has 0 bridgehead atoms. The Balaban J connectivity index is 1.69. The Hall–Kier alpha value is -3.01. The van der Waals surface area contributed by atoms with E-state index >= 15 is 0 Å². The standard InChI is InChI=1S/C19H17F3N4O2S/c1-11-17(29-12(2)24-11)15-6-7-16(27)26(25-15)9-8-23-18(28)13-4-3-5-14(10-13)19(20,21)22/h3-7,10H,8-9H2,1-2H3,(H,23,28). The first kappa shape index (κ1) is 20.7. The van der Waals surface area contributed by atoms with Crippen molar-refractivity contribution in [3.63, 3.8) is 0 Å². The Morgan fingerprint density at radius 3 is 2.62 bits per heavy atom. The van der Waals surface area contributed by atoms with Crippen molar-refractivity contribution in [2.45, 2.75) is 26.6 Å². The van der Waals surface area contributed by atoms with Crippen molar-refractivity contribution in [1.29, 1.82) is 0 Å². The van der Waals surface area contributed by atoms with Gasteiger partial charge in [0.15, 0.2) is 0 Å². The van der Waals surface area contributed by atoms with Gasteiger partial charge in [0.1, 0.15) is 5.69 Å². The van der Waals surface area contributed by atoms with Crippen molar-refractivity contribution in [1.82, 2.24) is 20.1 Å². The van der Waals surface area contributed by atoms with E-state index < -0.39 is 17.6 Å². The van der Waals surface area contributed by atoms with Crippen LogP contribution in [0.2, 0.25) is 0 Å². The van der Waals surface area contributed by atoms with Crippen LogP contribution in [0.4, 0.5) is 13.2 Å². The Morgan fingerprint density at radius 1 is 1.21 bits per heavy atom. The molecule has 0 saturated heterocycles. The fraction of sp³-hybridized carbons (Fsp3) is 0.263. The first-order valence-corrected chi connectivity index (χ1v) is 9.45. The lowest BCUT2D eigenvalue weighted by atomic mass is 10.1. The predicted octanol–water partition coefficient (Wildman–Crippen LogP) is 3.43. The van der Waals surface area contributed by atoms with E-state index in [9.17, 15) is 22.8 Å². The topological polar surface area (TPSA) is 76.9 Å². The van der Waals surface area contributed by atoms with Gasteiger partial charge >= 0.3 is 6.18 Å². The molecule has 3 aromatic rings. The molecule has 1 N–H and O–H groups in total. The molecular weight excluding hydrogens is 405 g/mol. The van der Waals surface area contributed by atoms with Gasteiger partial charge in [-0.3, -0.25) is 9.59 Å². The molecule has 0 aliphatic heterocycles. The Bertz CT molecular complexity index is 1110. The zero-order chi connectivity index (χ0) is 21.2. The lowest BCUT2D eigenvalue weighted by Crippen LogP contribution is -2.32. The number of nitrogens with zero attached hydrogens (tertiary/aromatic N) is 3. The summed E-state index contributed by atoms with van der Waals surface area (Å²) in [6.07, 6.45) is -4.53. The summed E-state index contributed by atoms with van der Waals surface area (Å²) in [6.45, 7) is 3.84. The van der Waals surface area contributed by atoms with Gasteiger partial charge in [-0.05, 0) is 38.1 Å². The maximum atomic E-state index is 12.8. The minimum atomic E-state index is -4.53. The van der Waals surface area contributed by atoms with Gasteiger partial charge in [0, 0.05) is 18.2 Å². The van der Waals surface area contributed by atoms with E-state index in [-0.39, 0.29) is 24.2 Å². The smallest absolute Gasteiger partial charge is 0.350 e. The zero-order valence-corrected chi connectivity index (χ0v) is 16.4. The van der Waals surface area contributed by atoms with E-state index in [1.165, 1.54) is 34.2 Å². The number of hydrogen-bond acceptors (Lipinski definition) is 5. The van der Waals surface area contributed by atoms with Crippen LogP contribution >= 0.6 is 11.3 Å². The van der Waals surface area contributed by atoms with Gasteiger partial charge in [-0.25, -0.2) is 9.67 Å². The largest absolute Gasteiger partial charge is 0.416 e. The second-order valence-electron chi connectivity index (χ2n) is 6.26. The van der Waals surface area contributed by atoms with Crippen LogP contribution in [0.3, 0.4) is 0 Å². The second-order valence-corrected chi connectivity index (χ2v) is 7.47. The molecule has 29 heavy (non-hydrogen) atoms. The summed E-state index contributed by atoms with van der Waals surface area (Å²) < 4.78 is 39.5. The minimum absolute atomic E-state index is 0.0339. The highest BCUT2D eigenvalue weighted by molar-refractivity contribution is 7.15. The van der Waals surface area contributed by atoms with E-state index in [2.05, 4.69) is 15.4 Å². The van der Waals surface area contributed by atoms with Crippen LogP contribution in [0.15, 0.2) is 41.2 Å². The lowest BCUT2D eigenvalue weighted by molar-refractivity contribution is -0.137. The van der Waals surface area contributed by atoms with Crippen LogP contribution in [0, 0.1) is 13.8 Å². The zero-order valence-electron chi connectivity index (χ0n) is 15.6. The summed E-state index contributed by atoms with van der Waals surface area (Å²) >= 11 is 1.46. The van der Waals surface area contributed by atoms with Gasteiger partial charge in [-0.2, -0.15) is 18.3 Å². The molecule has 0 unspecified atom stereocenters. The molecular formula is C19H17F3N4O2S. The molecule has 2 heterocycles. The Labute approximate surface area is 168 Å². The molecule has 0 saturated carbocycles. The summed E-state index contributed by atoms with van der Waals surface area (Å²) in [5.41, 5.74) is 0.0523. The molecule has 6 nitrogen and oxygen atoms in total. The molecule has 10 heteroatoms. The number of carbonyl (C=O) groups excluding carboxylic acids is 1. The second kappa shape index (κ2) is 8.16. The third-order valence-corrected chi connectivity index (χ3v) is 5.16. The van der Waals surface area contributed by atoms with Crippen LogP contribution in [-0.2, 0) is 12.7 Å². The van der Waals surface area contributed by atoms with E-state index in [0.717, 1.165) is 27.7 Å². The summed E-state index contributed by atoms with van der Waals surface area (Å²) in [7, 11) is 0. The van der Waals surface area contributed by atoms with Crippen LogP contribution in [0.25, 0.3) is 10.6 Å². The maximum absolute atomic E-state index is 12.8. The third kappa shape index (κ3) is 4.89. The monoisotopic (exact) mass is 422 g/mol. The molecule has 0 radical (unpaired) electrons. The number of aryl methyl sites for hydroxylation is 2. The van der Waals surface area contributed by atoms with Crippen LogP contribution in [-0.4, -0.2) is 27.2 Å². The summed E-state index contributed by atoms with van der Waals surface area (Å²) in [5, 5.41) is 7.70. The number of aromatic nitrogens is 3. The molecule has 0 aliphatic rings. The highest BCUT2D eigenvalue weighted by atomic mass is 32.1. The van der Waals surface area contributed by atoms with Crippen LogP contribution in [0.5, 0.6) is 0 Å². The summed E-state index contributed by atoms with van der Waals surface area (Å²) in [6, 6.07) is 7.15. The summed E-state index contributed by atoms with van der Waals surface area (Å²) in [5.74, 6) is -0.658. The van der Waals surface area contributed by atoms with Gasteiger partial charge in [-0.15, -0.1) is 11.3 Å². The molecule has 0 aliphatic carbocycles. The molecule has 0 atom stereocenters. The first-order chi connectivity index (χ1) is 13.6. The van der Waals surface area contributed by atoms with Gasteiger partial charge < -0.3 is 5.32 Å². The maximum Gasteiger partial charge on any atom is 0.416 e. The van der Waals surface area contributed by atoms with Crippen molar-refractivity contribution >= 4 is 17.2 Å². The van der Waals surface area contributed by atoms with Crippen molar-refractivity contribution in [3.8, 4) is 10.6 Å². The van der Waals surface area contributed by atoms with E-state index in [4.69, 9.17) is 0 Å². The van der Waals surface area contributed by atoms with Gasteiger partial charge in [0.05, 0.1) is 27.7 Å². The lowest BCUT2D eigenvalue weighted by Gasteiger charge is -2.10. The van der Waals surface area contributed by atoms with Gasteiger partial charge in [0.2, 0.25) is 0 Å². The fourth-order valence-electron chi connectivity index (χ4n) is 2.71. The number of hydrogen-bond donors (Lipinski definition) is 1. The van der Waals surface area contributed by atoms with Crippen molar-refractivity contribution in [2.75, 3.05) is 6.54 Å². The number of amides is 1.